The Bertz CT molecular complexity index is 856. The zero-order valence-electron chi connectivity index (χ0n) is 13.9. The van der Waals surface area contributed by atoms with Crippen LogP contribution in [0.4, 0.5) is 27.5 Å². The van der Waals surface area contributed by atoms with Gasteiger partial charge in [0.15, 0.2) is 5.82 Å². The van der Waals surface area contributed by atoms with Crippen molar-refractivity contribution >= 4 is 23.1 Å². The number of hydrogen-bond donors (Lipinski definition) is 2. The molecule has 0 aliphatic carbocycles. The Labute approximate surface area is 145 Å². The molecule has 2 N–H and O–H groups in total. The molecule has 3 rings (SSSR count). The first-order valence-corrected chi connectivity index (χ1v) is 7.86. The van der Waals surface area contributed by atoms with Gasteiger partial charge in [-0.25, -0.2) is 4.39 Å². The van der Waals surface area contributed by atoms with Crippen molar-refractivity contribution in [3.05, 3.63) is 60.5 Å². The predicted molar refractivity (Wildman–Crippen MR) is 95.0 cm³/mol. The van der Waals surface area contributed by atoms with E-state index in [2.05, 4.69) is 25.8 Å². The molecule has 0 spiro atoms. The van der Waals surface area contributed by atoms with E-state index in [1.807, 2.05) is 38.1 Å². The van der Waals surface area contributed by atoms with E-state index in [0.717, 1.165) is 5.69 Å². The summed E-state index contributed by atoms with van der Waals surface area (Å²) < 4.78 is 19.5. The summed E-state index contributed by atoms with van der Waals surface area (Å²) in [5, 5.41) is 13.8. The average Bonchev–Trinajstić information content (AvgIpc) is 2.59. The van der Waals surface area contributed by atoms with Gasteiger partial charge in [0, 0.05) is 0 Å². The van der Waals surface area contributed by atoms with E-state index in [4.69, 9.17) is 4.74 Å². The number of nitrogens with zero attached hydrogens (tertiary/aromatic N) is 3. The number of aromatic nitrogens is 3. The molecule has 0 saturated carbocycles. The molecule has 0 aliphatic rings. The van der Waals surface area contributed by atoms with Crippen LogP contribution in [0.2, 0.25) is 0 Å². The maximum Gasteiger partial charge on any atom is 0.249 e. The van der Waals surface area contributed by atoms with Crippen LogP contribution in [0.15, 0.2) is 54.7 Å². The Morgan fingerprint density at radius 3 is 2.44 bits per heavy atom. The van der Waals surface area contributed by atoms with E-state index in [1.54, 1.807) is 18.2 Å². The Hall–Kier alpha value is -3.22. The van der Waals surface area contributed by atoms with Crippen molar-refractivity contribution in [1.82, 2.24) is 15.2 Å². The molecule has 0 bridgehead atoms. The molecule has 1 aromatic heterocycles. The highest BCUT2D eigenvalue weighted by Gasteiger charge is 2.08. The molecular weight excluding hydrogens is 321 g/mol. The zero-order chi connectivity index (χ0) is 17.6. The first-order valence-electron chi connectivity index (χ1n) is 7.86. The lowest BCUT2D eigenvalue weighted by Gasteiger charge is -2.14. The third kappa shape index (κ3) is 4.41. The molecule has 128 valence electrons. The second kappa shape index (κ2) is 7.57. The first kappa shape index (κ1) is 16.6. The molecule has 0 amide bonds. The van der Waals surface area contributed by atoms with Gasteiger partial charge in [-0.15, -0.1) is 5.10 Å². The van der Waals surface area contributed by atoms with Gasteiger partial charge in [0.1, 0.15) is 11.6 Å². The zero-order valence-corrected chi connectivity index (χ0v) is 13.9. The number of halogens is 1. The molecule has 0 unspecified atom stereocenters. The molecule has 2 aromatic carbocycles. The van der Waals surface area contributed by atoms with Gasteiger partial charge in [-0.1, -0.05) is 24.3 Å². The van der Waals surface area contributed by atoms with Gasteiger partial charge in [-0.2, -0.15) is 10.1 Å². The van der Waals surface area contributed by atoms with Crippen molar-refractivity contribution in [3.8, 4) is 5.75 Å². The number of rotatable bonds is 6. The van der Waals surface area contributed by atoms with Gasteiger partial charge >= 0.3 is 0 Å². The molecule has 7 heteroatoms. The van der Waals surface area contributed by atoms with Crippen LogP contribution in [-0.4, -0.2) is 21.3 Å². The van der Waals surface area contributed by atoms with Gasteiger partial charge in [0.25, 0.3) is 0 Å². The van der Waals surface area contributed by atoms with Gasteiger partial charge in [-0.3, -0.25) is 0 Å². The third-order valence-corrected chi connectivity index (χ3v) is 3.19. The van der Waals surface area contributed by atoms with Crippen LogP contribution < -0.4 is 15.4 Å². The SMILES string of the molecule is CC(C)Oc1ccccc1Nc1nncc(Nc2ccccc2F)n1. The van der Waals surface area contributed by atoms with Crippen LogP contribution in [0, 0.1) is 5.82 Å². The molecule has 3 aromatic rings. The van der Waals surface area contributed by atoms with E-state index >= 15 is 0 Å². The lowest BCUT2D eigenvalue weighted by atomic mass is 10.3. The third-order valence-electron chi connectivity index (χ3n) is 3.19. The van der Waals surface area contributed by atoms with Crippen LogP contribution in [0.3, 0.4) is 0 Å². The first-order chi connectivity index (χ1) is 12.1. The van der Waals surface area contributed by atoms with Crippen molar-refractivity contribution in [2.75, 3.05) is 10.6 Å². The smallest absolute Gasteiger partial charge is 0.249 e. The van der Waals surface area contributed by atoms with Crippen LogP contribution in [0.25, 0.3) is 0 Å². The van der Waals surface area contributed by atoms with Crippen molar-refractivity contribution in [3.63, 3.8) is 0 Å². The maximum atomic E-state index is 13.7. The average molecular weight is 339 g/mol. The molecule has 0 saturated heterocycles. The summed E-state index contributed by atoms with van der Waals surface area (Å²) in [5.41, 5.74) is 1.04. The second-order valence-electron chi connectivity index (χ2n) is 5.56. The molecule has 0 fully saturated rings. The number of hydrogen-bond acceptors (Lipinski definition) is 6. The number of ether oxygens (including phenoxy) is 1. The molecule has 0 aliphatic heterocycles. The number of nitrogens with one attached hydrogen (secondary N) is 2. The van der Waals surface area contributed by atoms with E-state index in [1.165, 1.54) is 12.3 Å². The Morgan fingerprint density at radius 2 is 1.68 bits per heavy atom. The van der Waals surface area contributed by atoms with Crippen molar-refractivity contribution in [1.29, 1.82) is 0 Å². The lowest BCUT2D eigenvalue weighted by molar-refractivity contribution is 0.244. The fourth-order valence-electron chi connectivity index (χ4n) is 2.16. The quantitative estimate of drug-likeness (QED) is 0.698. The summed E-state index contributed by atoms with van der Waals surface area (Å²) in [4.78, 5) is 4.31. The number of para-hydroxylation sites is 3. The summed E-state index contributed by atoms with van der Waals surface area (Å²) in [6, 6.07) is 13.8. The topological polar surface area (TPSA) is 72.0 Å². The van der Waals surface area contributed by atoms with Crippen molar-refractivity contribution < 1.29 is 9.13 Å². The molecule has 1 heterocycles. The molecule has 25 heavy (non-hydrogen) atoms. The summed E-state index contributed by atoms with van der Waals surface area (Å²) in [7, 11) is 0. The Morgan fingerprint density at radius 1 is 0.960 bits per heavy atom. The van der Waals surface area contributed by atoms with E-state index in [-0.39, 0.29) is 17.9 Å². The highest BCUT2D eigenvalue weighted by Crippen LogP contribution is 2.27. The van der Waals surface area contributed by atoms with Crippen LogP contribution in [0.1, 0.15) is 13.8 Å². The van der Waals surface area contributed by atoms with Crippen molar-refractivity contribution in [2.45, 2.75) is 20.0 Å². The highest BCUT2D eigenvalue weighted by atomic mass is 19.1. The van der Waals surface area contributed by atoms with Crippen LogP contribution >= 0.6 is 0 Å². The summed E-state index contributed by atoms with van der Waals surface area (Å²) >= 11 is 0. The van der Waals surface area contributed by atoms with Gasteiger partial charge in [0.2, 0.25) is 5.95 Å². The van der Waals surface area contributed by atoms with Gasteiger partial charge < -0.3 is 15.4 Å². The fourth-order valence-corrected chi connectivity index (χ4v) is 2.16. The minimum atomic E-state index is -0.369. The normalized spacial score (nSPS) is 10.6. The van der Waals surface area contributed by atoms with Gasteiger partial charge in [-0.05, 0) is 38.1 Å². The Balaban J connectivity index is 1.80. The highest BCUT2D eigenvalue weighted by molar-refractivity contribution is 5.63. The molecule has 6 nitrogen and oxygen atoms in total. The molecular formula is C18H18FN5O. The standard InChI is InChI=1S/C18H18FN5O/c1-12(2)25-16-10-6-5-9-15(16)22-18-23-17(11-20-24-18)21-14-8-4-3-7-13(14)19/h3-12H,1-2H3,(H2,21,22,23,24). The molecule has 0 atom stereocenters. The number of benzene rings is 2. The van der Waals surface area contributed by atoms with Crippen LogP contribution in [0.5, 0.6) is 5.75 Å². The second-order valence-corrected chi connectivity index (χ2v) is 5.56. The lowest BCUT2D eigenvalue weighted by Crippen LogP contribution is -2.08. The predicted octanol–water partition coefficient (Wildman–Crippen LogP) is 4.29. The largest absolute Gasteiger partial charge is 0.489 e. The Kier molecular flexibility index (Phi) is 5.03. The van der Waals surface area contributed by atoms with Gasteiger partial charge in [0.05, 0.1) is 23.7 Å². The van der Waals surface area contributed by atoms with Crippen LogP contribution in [-0.2, 0) is 0 Å². The van der Waals surface area contributed by atoms with E-state index in [0.29, 0.717) is 17.3 Å². The minimum Gasteiger partial charge on any atom is -0.489 e. The van der Waals surface area contributed by atoms with Crippen molar-refractivity contribution in [2.24, 2.45) is 0 Å². The molecule has 0 radical (unpaired) electrons. The fraction of sp³-hybridized carbons (Fsp3) is 0.167. The minimum absolute atomic E-state index is 0.0380. The summed E-state index contributed by atoms with van der Waals surface area (Å²) in [6.07, 6.45) is 1.46. The summed E-state index contributed by atoms with van der Waals surface area (Å²) in [6.45, 7) is 3.90. The maximum absolute atomic E-state index is 13.7. The summed E-state index contributed by atoms with van der Waals surface area (Å²) in [5.74, 6) is 0.978. The van der Waals surface area contributed by atoms with E-state index < -0.39 is 0 Å². The van der Waals surface area contributed by atoms with E-state index in [9.17, 15) is 4.39 Å². The number of anilines is 4. The monoisotopic (exact) mass is 339 g/mol.